The maximum Gasteiger partial charge on any atom is 0.00745 e. The summed E-state index contributed by atoms with van der Waals surface area (Å²) in [4.78, 5) is 0. The minimum Gasteiger partial charge on any atom is -0.329 e. The van der Waals surface area contributed by atoms with E-state index in [1.807, 2.05) is 0 Å². The molecule has 0 aromatic heterocycles. The first-order valence-corrected chi connectivity index (χ1v) is 8.20. The van der Waals surface area contributed by atoms with Crippen molar-refractivity contribution < 1.29 is 0 Å². The molecule has 0 saturated carbocycles. The van der Waals surface area contributed by atoms with Crippen LogP contribution in [0.1, 0.15) is 27.2 Å². The molecule has 0 saturated heterocycles. The molecule has 0 aromatic carbocycles. The van der Waals surface area contributed by atoms with Gasteiger partial charge in [0.05, 0.1) is 0 Å². The van der Waals surface area contributed by atoms with Crippen LogP contribution in [0, 0.1) is 0 Å². The second kappa shape index (κ2) is 8.57. The zero-order valence-corrected chi connectivity index (χ0v) is 11.0. The molecule has 0 bridgehead atoms. The van der Waals surface area contributed by atoms with Crippen molar-refractivity contribution in [3.05, 3.63) is 0 Å². The molecule has 0 spiro atoms. The third-order valence-corrected chi connectivity index (χ3v) is 7.92. The lowest BCUT2D eigenvalue weighted by molar-refractivity contribution is 0.680. The highest BCUT2D eigenvalue weighted by Crippen LogP contribution is 2.46. The Balaban J connectivity index is 3.61. The summed E-state index contributed by atoms with van der Waals surface area (Å²) in [5, 5.41) is 3.37. The Morgan fingerprint density at radius 2 is 1.57 bits per heavy atom. The van der Waals surface area contributed by atoms with E-state index in [9.17, 15) is 0 Å². The quantitative estimate of drug-likeness (QED) is 0.581. The summed E-state index contributed by atoms with van der Waals surface area (Å²) < 4.78 is 0. The van der Waals surface area contributed by atoms with Gasteiger partial charge in [-0.15, -0.1) is 0 Å². The minimum absolute atomic E-state index is 0.269. The molecule has 0 unspecified atom stereocenters. The van der Waals surface area contributed by atoms with Crippen molar-refractivity contribution in [3.8, 4) is 0 Å². The van der Waals surface area contributed by atoms with Gasteiger partial charge in [-0.25, -0.2) is 10.0 Å². The van der Waals surface area contributed by atoms with E-state index >= 15 is 0 Å². The van der Waals surface area contributed by atoms with Gasteiger partial charge in [0.1, 0.15) is 0 Å². The molecule has 0 aliphatic rings. The summed E-state index contributed by atoms with van der Waals surface area (Å²) in [7, 11) is -0.269. The zero-order valence-electron chi connectivity index (χ0n) is 10.1. The lowest BCUT2D eigenvalue weighted by Crippen LogP contribution is -2.25. The van der Waals surface area contributed by atoms with Crippen LogP contribution in [0.15, 0.2) is 0 Å². The van der Waals surface area contributed by atoms with E-state index < -0.39 is 0 Å². The topological polar surface area (TPSA) is 38.0 Å². The number of nitrogens with two attached hydrogens (primary N) is 1. The van der Waals surface area contributed by atoms with Crippen LogP contribution in [-0.4, -0.2) is 42.6 Å². The van der Waals surface area contributed by atoms with Crippen LogP contribution in [0.3, 0.4) is 0 Å². The van der Waals surface area contributed by atoms with E-state index in [1.165, 1.54) is 29.4 Å². The highest BCUT2D eigenvalue weighted by Gasteiger charge is 2.16. The Bertz CT molecular complexity index is 116. The van der Waals surface area contributed by atoms with Gasteiger partial charge >= 0.3 is 0 Å². The lowest BCUT2D eigenvalue weighted by Gasteiger charge is -2.37. The van der Waals surface area contributed by atoms with E-state index in [0.717, 1.165) is 19.6 Å². The molecule has 0 radical (unpaired) electrons. The van der Waals surface area contributed by atoms with E-state index in [0.29, 0.717) is 0 Å². The van der Waals surface area contributed by atoms with Gasteiger partial charge in [0.15, 0.2) is 0 Å². The van der Waals surface area contributed by atoms with Crippen molar-refractivity contribution in [2.75, 3.05) is 42.6 Å². The van der Waals surface area contributed by atoms with Crippen LogP contribution in [-0.2, 0) is 0 Å². The van der Waals surface area contributed by atoms with Crippen LogP contribution < -0.4 is 11.1 Å². The van der Waals surface area contributed by atoms with Gasteiger partial charge < -0.3 is 11.1 Å². The number of hydrogen-bond acceptors (Lipinski definition) is 2. The third kappa shape index (κ3) is 5.23. The summed E-state index contributed by atoms with van der Waals surface area (Å²) in [6.07, 6.45) is 1.32. The maximum absolute atomic E-state index is 5.42. The van der Waals surface area contributed by atoms with E-state index in [2.05, 4.69) is 26.1 Å². The fraction of sp³-hybridized carbons (Fsp3) is 1.00. The molecule has 0 fully saturated rings. The van der Waals surface area contributed by atoms with Gasteiger partial charge in [0.25, 0.3) is 0 Å². The molecule has 0 rings (SSSR count). The fourth-order valence-electron chi connectivity index (χ4n) is 1.78. The van der Waals surface area contributed by atoms with Gasteiger partial charge in [-0.1, -0.05) is 20.8 Å². The number of rotatable bonds is 9. The van der Waals surface area contributed by atoms with Gasteiger partial charge in [-0.3, -0.25) is 0 Å². The van der Waals surface area contributed by atoms with Gasteiger partial charge in [-0.2, -0.15) is 0 Å². The zero-order chi connectivity index (χ0) is 10.9. The van der Waals surface area contributed by atoms with Gasteiger partial charge in [0, 0.05) is 13.1 Å². The van der Waals surface area contributed by atoms with Crippen molar-refractivity contribution in [3.63, 3.8) is 0 Å². The first-order valence-electron chi connectivity index (χ1n) is 5.89. The summed E-state index contributed by atoms with van der Waals surface area (Å²) in [6, 6.07) is 0. The molecule has 0 aliphatic heterocycles. The molecule has 2 nitrogen and oxygen atoms in total. The average molecular weight is 220 g/mol. The summed E-state index contributed by atoms with van der Waals surface area (Å²) in [5.74, 6) is 5.64. The molecule has 3 N–H and O–H groups in total. The largest absolute Gasteiger partial charge is 0.329 e. The predicted octanol–water partition coefficient (Wildman–Crippen LogP) is 1.79. The van der Waals surface area contributed by atoms with Crippen LogP contribution in [0.4, 0.5) is 0 Å². The van der Waals surface area contributed by atoms with Crippen LogP contribution in [0.2, 0.25) is 0 Å². The Hall–Kier alpha value is 0.270. The number of nitrogens with one attached hydrogen (secondary N) is 1. The Morgan fingerprint density at radius 1 is 1.00 bits per heavy atom. The van der Waals surface area contributed by atoms with Gasteiger partial charge in [0.2, 0.25) is 0 Å². The Kier molecular flexibility index (Phi) is 8.73. The van der Waals surface area contributed by atoms with Crippen LogP contribution >= 0.6 is 10.0 Å². The molecule has 0 amide bonds. The summed E-state index contributed by atoms with van der Waals surface area (Å²) in [5.41, 5.74) is 5.42. The molecule has 3 heteroatoms. The van der Waals surface area contributed by atoms with Crippen LogP contribution in [0.25, 0.3) is 0 Å². The van der Waals surface area contributed by atoms with Crippen molar-refractivity contribution in [2.24, 2.45) is 5.73 Å². The first kappa shape index (κ1) is 14.3. The molecule has 0 aliphatic carbocycles. The normalized spacial score (nSPS) is 13.1. The molecule has 14 heavy (non-hydrogen) atoms. The highest BCUT2D eigenvalue weighted by molar-refractivity contribution is 8.33. The molecular weight excluding hydrogens is 192 g/mol. The fourth-order valence-corrected chi connectivity index (χ4v) is 4.62. The predicted molar refractivity (Wildman–Crippen MR) is 70.6 cm³/mol. The minimum atomic E-state index is -0.269. The summed E-state index contributed by atoms with van der Waals surface area (Å²) >= 11 is 0. The van der Waals surface area contributed by atoms with Crippen molar-refractivity contribution >= 4 is 10.0 Å². The maximum atomic E-state index is 5.42. The first-order chi connectivity index (χ1) is 6.74. The van der Waals surface area contributed by atoms with Crippen molar-refractivity contribution in [2.45, 2.75) is 27.2 Å². The molecule has 0 aromatic rings. The van der Waals surface area contributed by atoms with Crippen molar-refractivity contribution in [1.29, 1.82) is 0 Å². The lowest BCUT2D eigenvalue weighted by atomic mass is 10.5. The molecular formula is C11H28N2S. The third-order valence-electron chi connectivity index (χ3n) is 3.09. The van der Waals surface area contributed by atoms with E-state index in [-0.39, 0.29) is 10.0 Å². The SMILES string of the molecule is CCS(CC)(CC)CCCNCCN. The molecule has 88 valence electrons. The van der Waals surface area contributed by atoms with Crippen molar-refractivity contribution in [1.82, 2.24) is 5.32 Å². The Morgan fingerprint density at radius 3 is 2.00 bits per heavy atom. The van der Waals surface area contributed by atoms with E-state index in [4.69, 9.17) is 5.73 Å². The van der Waals surface area contributed by atoms with Crippen LogP contribution in [0.5, 0.6) is 0 Å². The van der Waals surface area contributed by atoms with Gasteiger partial charge in [-0.05, 0) is 36.0 Å². The summed E-state index contributed by atoms with van der Waals surface area (Å²) in [6.45, 7) is 9.94. The number of hydrogen-bond donors (Lipinski definition) is 2. The second-order valence-electron chi connectivity index (χ2n) is 3.69. The van der Waals surface area contributed by atoms with E-state index in [1.54, 1.807) is 0 Å². The standard InChI is InChI=1S/C11H28N2S/c1-4-14(5-2,6-3)11-7-9-13-10-8-12/h13H,4-12H2,1-3H3. The second-order valence-corrected chi connectivity index (χ2v) is 8.28. The smallest absolute Gasteiger partial charge is 0.00745 e. The average Bonchev–Trinajstić information content (AvgIpc) is 2.24. The monoisotopic (exact) mass is 220 g/mol. The highest BCUT2D eigenvalue weighted by atomic mass is 32.3. The Labute approximate surface area is 91.3 Å². The molecule has 0 heterocycles. The molecule has 0 atom stereocenters.